The molecule has 0 spiro atoms. The van der Waals surface area contributed by atoms with Crippen molar-refractivity contribution in [3.63, 3.8) is 0 Å². The standard InChI is InChI=1S/C12H9Br2N3O2/c1-7-4-8(13)2-3-10(7)16-12-11(17(18)19)5-9(14)6-15-12/h2-6H,1H3,(H,15,16). The number of hydrogen-bond acceptors (Lipinski definition) is 4. The molecule has 0 radical (unpaired) electrons. The molecule has 0 fully saturated rings. The Labute approximate surface area is 126 Å². The maximum atomic E-state index is 11.0. The molecule has 0 amide bonds. The van der Waals surface area contributed by atoms with Gasteiger partial charge in [-0.05, 0) is 46.6 Å². The van der Waals surface area contributed by atoms with Crippen molar-refractivity contribution in [3.8, 4) is 0 Å². The molecule has 2 rings (SSSR count). The molecule has 19 heavy (non-hydrogen) atoms. The van der Waals surface area contributed by atoms with Gasteiger partial charge in [-0.15, -0.1) is 0 Å². The second-order valence-corrected chi connectivity index (χ2v) is 5.69. The highest BCUT2D eigenvalue weighted by Crippen LogP contribution is 2.30. The quantitative estimate of drug-likeness (QED) is 0.619. The summed E-state index contributed by atoms with van der Waals surface area (Å²) in [6.07, 6.45) is 1.52. The van der Waals surface area contributed by atoms with E-state index in [2.05, 4.69) is 42.2 Å². The monoisotopic (exact) mass is 385 g/mol. The number of nitrogens with zero attached hydrogens (tertiary/aromatic N) is 2. The smallest absolute Gasteiger partial charge is 0.312 e. The Kier molecular flexibility index (Phi) is 4.16. The lowest BCUT2D eigenvalue weighted by Crippen LogP contribution is -2.00. The van der Waals surface area contributed by atoms with E-state index in [0.29, 0.717) is 4.47 Å². The van der Waals surface area contributed by atoms with Crippen LogP contribution < -0.4 is 5.32 Å². The van der Waals surface area contributed by atoms with Crippen LogP contribution in [0.15, 0.2) is 39.4 Å². The maximum absolute atomic E-state index is 11.0. The highest BCUT2D eigenvalue weighted by molar-refractivity contribution is 9.10. The van der Waals surface area contributed by atoms with Gasteiger partial charge in [0.15, 0.2) is 0 Å². The van der Waals surface area contributed by atoms with Crippen molar-refractivity contribution >= 4 is 49.1 Å². The highest BCUT2D eigenvalue weighted by Gasteiger charge is 2.16. The number of pyridine rings is 1. The van der Waals surface area contributed by atoms with Crippen LogP contribution >= 0.6 is 31.9 Å². The molecule has 1 N–H and O–H groups in total. The zero-order chi connectivity index (χ0) is 14.0. The summed E-state index contributed by atoms with van der Waals surface area (Å²) in [7, 11) is 0. The zero-order valence-electron chi connectivity index (χ0n) is 9.85. The molecular formula is C12H9Br2N3O2. The van der Waals surface area contributed by atoms with E-state index in [0.717, 1.165) is 15.7 Å². The van der Waals surface area contributed by atoms with Crippen LogP contribution in [0.2, 0.25) is 0 Å². The maximum Gasteiger partial charge on any atom is 0.312 e. The Morgan fingerprint density at radius 1 is 1.26 bits per heavy atom. The molecule has 1 heterocycles. The molecule has 0 aliphatic rings. The fraction of sp³-hybridized carbons (Fsp3) is 0.0833. The second kappa shape index (κ2) is 5.66. The number of halogens is 2. The van der Waals surface area contributed by atoms with Crippen molar-refractivity contribution in [2.75, 3.05) is 5.32 Å². The van der Waals surface area contributed by atoms with E-state index in [1.807, 2.05) is 25.1 Å². The molecule has 98 valence electrons. The summed E-state index contributed by atoms with van der Waals surface area (Å²) in [6, 6.07) is 7.05. The number of aromatic nitrogens is 1. The Balaban J connectivity index is 2.40. The van der Waals surface area contributed by atoms with Gasteiger partial charge in [-0.3, -0.25) is 10.1 Å². The Morgan fingerprint density at radius 2 is 2.00 bits per heavy atom. The van der Waals surface area contributed by atoms with Gasteiger partial charge < -0.3 is 5.32 Å². The van der Waals surface area contributed by atoms with Crippen LogP contribution in [0, 0.1) is 17.0 Å². The predicted octanol–water partition coefficient (Wildman–Crippen LogP) is 4.57. The van der Waals surface area contributed by atoms with Crippen LogP contribution in [0.3, 0.4) is 0 Å². The molecular weight excluding hydrogens is 378 g/mol. The summed E-state index contributed by atoms with van der Waals surface area (Å²) in [5, 5.41) is 14.0. The summed E-state index contributed by atoms with van der Waals surface area (Å²) in [5.74, 6) is 0.221. The van der Waals surface area contributed by atoms with Crippen molar-refractivity contribution in [1.82, 2.24) is 4.98 Å². The number of aryl methyl sites for hydroxylation is 1. The predicted molar refractivity (Wildman–Crippen MR) is 80.8 cm³/mol. The highest BCUT2D eigenvalue weighted by atomic mass is 79.9. The molecule has 1 aromatic carbocycles. The molecule has 0 atom stereocenters. The van der Waals surface area contributed by atoms with E-state index in [4.69, 9.17) is 0 Å². The topological polar surface area (TPSA) is 68.1 Å². The van der Waals surface area contributed by atoms with Gasteiger partial charge in [-0.1, -0.05) is 15.9 Å². The van der Waals surface area contributed by atoms with Crippen LogP contribution in [-0.2, 0) is 0 Å². The third-order valence-electron chi connectivity index (χ3n) is 2.47. The average Bonchev–Trinajstić information content (AvgIpc) is 2.34. The number of nitro groups is 1. The zero-order valence-corrected chi connectivity index (χ0v) is 13.0. The average molecular weight is 387 g/mol. The third kappa shape index (κ3) is 3.30. The minimum atomic E-state index is -0.464. The molecule has 5 nitrogen and oxygen atoms in total. The first-order chi connectivity index (χ1) is 8.97. The fourth-order valence-corrected chi connectivity index (χ4v) is 2.35. The summed E-state index contributed by atoms with van der Waals surface area (Å²) in [6.45, 7) is 1.91. The fourth-order valence-electron chi connectivity index (χ4n) is 1.56. The second-order valence-electron chi connectivity index (χ2n) is 3.86. The summed E-state index contributed by atoms with van der Waals surface area (Å²) < 4.78 is 1.52. The van der Waals surface area contributed by atoms with Gasteiger partial charge in [0.25, 0.3) is 0 Å². The lowest BCUT2D eigenvalue weighted by molar-refractivity contribution is -0.384. The Bertz CT molecular complexity index is 647. The van der Waals surface area contributed by atoms with Gasteiger partial charge in [-0.25, -0.2) is 4.98 Å². The first-order valence-corrected chi connectivity index (χ1v) is 6.89. The molecule has 0 aliphatic heterocycles. The SMILES string of the molecule is Cc1cc(Br)ccc1Nc1ncc(Br)cc1[N+](=O)[O-]. The first kappa shape index (κ1) is 14.0. The van der Waals surface area contributed by atoms with Gasteiger partial charge in [-0.2, -0.15) is 0 Å². The van der Waals surface area contributed by atoms with Crippen molar-refractivity contribution in [1.29, 1.82) is 0 Å². The van der Waals surface area contributed by atoms with Crippen LogP contribution in [0.4, 0.5) is 17.2 Å². The van der Waals surface area contributed by atoms with Crippen LogP contribution in [0.25, 0.3) is 0 Å². The van der Waals surface area contributed by atoms with E-state index in [-0.39, 0.29) is 11.5 Å². The first-order valence-electron chi connectivity index (χ1n) is 5.30. The van der Waals surface area contributed by atoms with E-state index in [1.54, 1.807) is 0 Å². The molecule has 2 aromatic rings. The van der Waals surface area contributed by atoms with Crippen LogP contribution in [0.5, 0.6) is 0 Å². The number of benzene rings is 1. The minimum absolute atomic E-state index is 0.0725. The normalized spacial score (nSPS) is 10.3. The Morgan fingerprint density at radius 3 is 2.63 bits per heavy atom. The number of rotatable bonds is 3. The van der Waals surface area contributed by atoms with Crippen LogP contribution in [-0.4, -0.2) is 9.91 Å². The number of hydrogen-bond donors (Lipinski definition) is 1. The van der Waals surface area contributed by atoms with E-state index < -0.39 is 4.92 Å². The molecule has 0 saturated heterocycles. The number of nitrogens with one attached hydrogen (secondary N) is 1. The molecule has 0 aliphatic carbocycles. The van der Waals surface area contributed by atoms with Crippen molar-refractivity contribution < 1.29 is 4.92 Å². The molecule has 0 bridgehead atoms. The molecule has 0 saturated carbocycles. The largest absolute Gasteiger partial charge is 0.334 e. The Hall–Kier alpha value is -1.47. The van der Waals surface area contributed by atoms with Gasteiger partial charge in [0.1, 0.15) is 0 Å². The van der Waals surface area contributed by atoms with Crippen molar-refractivity contribution in [2.45, 2.75) is 6.92 Å². The van der Waals surface area contributed by atoms with E-state index >= 15 is 0 Å². The van der Waals surface area contributed by atoms with Crippen LogP contribution in [0.1, 0.15) is 5.56 Å². The lowest BCUT2D eigenvalue weighted by Gasteiger charge is -2.09. The van der Waals surface area contributed by atoms with Gasteiger partial charge in [0.2, 0.25) is 5.82 Å². The third-order valence-corrected chi connectivity index (χ3v) is 3.40. The van der Waals surface area contributed by atoms with E-state index in [9.17, 15) is 10.1 Å². The van der Waals surface area contributed by atoms with Crippen molar-refractivity contribution in [3.05, 3.63) is 55.1 Å². The van der Waals surface area contributed by atoms with Gasteiger partial charge in [0, 0.05) is 26.9 Å². The lowest BCUT2D eigenvalue weighted by atomic mass is 10.2. The molecule has 0 unspecified atom stereocenters. The summed E-state index contributed by atoms with van der Waals surface area (Å²) >= 11 is 6.54. The van der Waals surface area contributed by atoms with E-state index in [1.165, 1.54) is 12.3 Å². The summed E-state index contributed by atoms with van der Waals surface area (Å²) in [5.41, 5.74) is 1.67. The summed E-state index contributed by atoms with van der Waals surface area (Å²) in [4.78, 5) is 14.6. The molecule has 1 aromatic heterocycles. The number of anilines is 2. The van der Waals surface area contributed by atoms with Crippen molar-refractivity contribution in [2.24, 2.45) is 0 Å². The van der Waals surface area contributed by atoms with Gasteiger partial charge >= 0.3 is 5.69 Å². The molecule has 7 heteroatoms. The van der Waals surface area contributed by atoms with Gasteiger partial charge in [0.05, 0.1) is 4.92 Å². The minimum Gasteiger partial charge on any atom is -0.334 e.